The Morgan fingerprint density at radius 1 is 1.20 bits per heavy atom. The second-order valence-corrected chi connectivity index (χ2v) is 7.74. The van der Waals surface area contributed by atoms with E-state index in [9.17, 15) is 8.42 Å². The minimum atomic E-state index is -3.14. The van der Waals surface area contributed by atoms with E-state index in [2.05, 4.69) is 5.32 Å². The van der Waals surface area contributed by atoms with Crippen molar-refractivity contribution in [3.63, 3.8) is 0 Å². The van der Waals surface area contributed by atoms with E-state index in [0.29, 0.717) is 12.5 Å². The molecule has 2 rings (SSSR count). The highest BCUT2D eigenvalue weighted by atomic mass is 32.2. The highest BCUT2D eigenvalue weighted by Gasteiger charge is 2.21. The summed E-state index contributed by atoms with van der Waals surface area (Å²) in [5.41, 5.74) is 1.03. The van der Waals surface area contributed by atoms with Gasteiger partial charge in [-0.3, -0.25) is 0 Å². The predicted octanol–water partition coefficient (Wildman–Crippen LogP) is 1.84. The molecule has 20 heavy (non-hydrogen) atoms. The van der Waals surface area contributed by atoms with Crippen LogP contribution in [0.4, 0.5) is 0 Å². The lowest BCUT2D eigenvalue weighted by molar-refractivity contribution is 0.362. The molecule has 0 spiro atoms. The van der Waals surface area contributed by atoms with Crippen molar-refractivity contribution >= 4 is 10.0 Å². The molecule has 1 fully saturated rings. The summed E-state index contributed by atoms with van der Waals surface area (Å²) in [5.74, 6) is 0.817. The van der Waals surface area contributed by atoms with Crippen LogP contribution in [-0.2, 0) is 16.6 Å². The number of piperidine rings is 1. The molecule has 1 heterocycles. The molecule has 1 aliphatic heterocycles. The van der Waals surface area contributed by atoms with E-state index < -0.39 is 10.0 Å². The van der Waals surface area contributed by atoms with Gasteiger partial charge >= 0.3 is 0 Å². The van der Waals surface area contributed by atoms with Gasteiger partial charge in [-0.1, -0.05) is 30.3 Å². The first-order valence-electron chi connectivity index (χ1n) is 7.26. The predicted molar refractivity (Wildman–Crippen MR) is 81.9 cm³/mol. The van der Waals surface area contributed by atoms with E-state index in [1.807, 2.05) is 30.3 Å². The van der Waals surface area contributed by atoms with E-state index in [1.54, 1.807) is 7.05 Å². The third kappa shape index (κ3) is 4.58. The van der Waals surface area contributed by atoms with Gasteiger partial charge in [0.1, 0.15) is 0 Å². The molecule has 4 nitrogen and oxygen atoms in total. The summed E-state index contributed by atoms with van der Waals surface area (Å²) in [6.07, 6.45) is 2.97. The van der Waals surface area contributed by atoms with Gasteiger partial charge < -0.3 is 5.32 Å². The molecule has 0 aliphatic carbocycles. The smallest absolute Gasteiger partial charge is 0.214 e. The Hall–Kier alpha value is -0.910. The molecule has 0 amide bonds. The second kappa shape index (κ2) is 7.20. The maximum atomic E-state index is 12.3. The maximum absolute atomic E-state index is 12.3. The molecule has 112 valence electrons. The van der Waals surface area contributed by atoms with E-state index >= 15 is 0 Å². The number of rotatable bonds is 6. The second-order valence-electron chi connectivity index (χ2n) is 5.54. The van der Waals surface area contributed by atoms with E-state index in [4.69, 9.17) is 0 Å². The highest BCUT2D eigenvalue weighted by Crippen LogP contribution is 2.18. The zero-order valence-electron chi connectivity index (χ0n) is 12.1. The van der Waals surface area contributed by atoms with Crippen molar-refractivity contribution in [3.8, 4) is 0 Å². The zero-order valence-corrected chi connectivity index (χ0v) is 12.9. The highest BCUT2D eigenvalue weighted by molar-refractivity contribution is 7.89. The average molecular weight is 296 g/mol. The van der Waals surface area contributed by atoms with Gasteiger partial charge in [-0.05, 0) is 43.8 Å². The van der Waals surface area contributed by atoms with Crippen LogP contribution >= 0.6 is 0 Å². The molecule has 1 aliphatic rings. The zero-order chi connectivity index (χ0) is 14.4. The quantitative estimate of drug-likeness (QED) is 0.871. The Morgan fingerprint density at radius 3 is 2.50 bits per heavy atom. The number of benzene rings is 1. The summed E-state index contributed by atoms with van der Waals surface area (Å²) in [5, 5.41) is 3.31. The van der Waals surface area contributed by atoms with Crippen LogP contribution in [0.2, 0.25) is 0 Å². The topological polar surface area (TPSA) is 49.4 Å². The summed E-state index contributed by atoms with van der Waals surface area (Å²) < 4.78 is 26.1. The average Bonchev–Trinajstić information content (AvgIpc) is 2.47. The van der Waals surface area contributed by atoms with Gasteiger partial charge in [0, 0.05) is 13.6 Å². The van der Waals surface area contributed by atoms with Crippen molar-refractivity contribution in [1.29, 1.82) is 0 Å². The number of hydrogen-bond acceptors (Lipinski definition) is 3. The van der Waals surface area contributed by atoms with Crippen molar-refractivity contribution < 1.29 is 8.42 Å². The number of hydrogen-bond donors (Lipinski definition) is 1. The van der Waals surface area contributed by atoms with Gasteiger partial charge in [-0.15, -0.1) is 0 Å². The van der Waals surface area contributed by atoms with Crippen LogP contribution in [0.3, 0.4) is 0 Å². The Morgan fingerprint density at radius 2 is 1.85 bits per heavy atom. The molecule has 0 saturated carbocycles. The van der Waals surface area contributed by atoms with Crippen molar-refractivity contribution in [2.24, 2.45) is 5.92 Å². The summed E-state index contributed by atoms with van der Waals surface area (Å²) in [6, 6.07) is 9.72. The molecule has 1 N–H and O–H groups in total. The lowest BCUT2D eigenvalue weighted by Gasteiger charge is -2.24. The molecular formula is C15H24N2O2S. The van der Waals surface area contributed by atoms with Crippen LogP contribution in [-0.4, -0.2) is 38.6 Å². The fourth-order valence-electron chi connectivity index (χ4n) is 2.58. The third-order valence-electron chi connectivity index (χ3n) is 3.97. The molecule has 1 aromatic carbocycles. The van der Waals surface area contributed by atoms with Gasteiger partial charge in [0.05, 0.1) is 5.75 Å². The lowest BCUT2D eigenvalue weighted by atomic mass is 9.96. The normalized spacial score (nSPS) is 17.5. The van der Waals surface area contributed by atoms with Crippen LogP contribution in [0.25, 0.3) is 0 Å². The Labute approximate surface area is 122 Å². The minimum absolute atomic E-state index is 0.265. The molecule has 0 atom stereocenters. The number of nitrogens with zero attached hydrogens (tertiary/aromatic N) is 1. The number of sulfonamides is 1. The van der Waals surface area contributed by atoms with E-state index in [-0.39, 0.29) is 5.75 Å². The van der Waals surface area contributed by atoms with Crippen molar-refractivity contribution in [2.75, 3.05) is 25.9 Å². The Balaban J connectivity index is 1.85. The molecule has 1 saturated heterocycles. The summed E-state index contributed by atoms with van der Waals surface area (Å²) in [7, 11) is -1.47. The molecule has 0 radical (unpaired) electrons. The fraction of sp³-hybridized carbons (Fsp3) is 0.600. The monoisotopic (exact) mass is 296 g/mol. The fourth-order valence-corrected chi connectivity index (χ4v) is 3.87. The molecule has 0 bridgehead atoms. The first-order valence-corrected chi connectivity index (χ1v) is 8.87. The van der Waals surface area contributed by atoms with Gasteiger partial charge in [0.15, 0.2) is 0 Å². The summed E-state index contributed by atoms with van der Waals surface area (Å²) in [4.78, 5) is 0. The van der Waals surface area contributed by atoms with Gasteiger partial charge in [0.2, 0.25) is 10.0 Å². The molecular weight excluding hydrogens is 272 g/mol. The van der Waals surface area contributed by atoms with Crippen molar-refractivity contribution in [2.45, 2.75) is 25.8 Å². The van der Waals surface area contributed by atoms with Crippen LogP contribution in [0.5, 0.6) is 0 Å². The van der Waals surface area contributed by atoms with Crippen LogP contribution < -0.4 is 5.32 Å². The lowest BCUT2D eigenvalue weighted by Crippen LogP contribution is -2.32. The maximum Gasteiger partial charge on any atom is 0.214 e. The third-order valence-corrected chi connectivity index (χ3v) is 5.80. The Bertz CT molecular complexity index is 496. The van der Waals surface area contributed by atoms with E-state index in [1.165, 1.54) is 4.31 Å². The minimum Gasteiger partial charge on any atom is -0.317 e. The largest absolute Gasteiger partial charge is 0.317 e. The van der Waals surface area contributed by atoms with Gasteiger partial charge in [0.25, 0.3) is 0 Å². The van der Waals surface area contributed by atoms with Crippen LogP contribution in [0, 0.1) is 5.92 Å². The number of nitrogens with one attached hydrogen (secondary N) is 1. The van der Waals surface area contributed by atoms with E-state index in [0.717, 1.165) is 37.9 Å². The van der Waals surface area contributed by atoms with Crippen LogP contribution in [0.15, 0.2) is 30.3 Å². The SMILES string of the molecule is CN(Cc1ccccc1)S(=O)(=O)CCC1CCNCC1. The standard InChI is InChI=1S/C15H24N2O2S/c1-17(13-15-5-3-2-4-6-15)20(18,19)12-9-14-7-10-16-11-8-14/h2-6,14,16H,7-13H2,1H3. The summed E-state index contributed by atoms with van der Waals surface area (Å²) in [6.45, 7) is 2.49. The molecule has 1 aromatic rings. The van der Waals surface area contributed by atoms with Gasteiger partial charge in [-0.2, -0.15) is 0 Å². The Kier molecular flexibility index (Phi) is 5.57. The molecule has 0 unspecified atom stereocenters. The van der Waals surface area contributed by atoms with Crippen molar-refractivity contribution in [3.05, 3.63) is 35.9 Å². The van der Waals surface area contributed by atoms with Crippen LogP contribution in [0.1, 0.15) is 24.8 Å². The first-order chi connectivity index (χ1) is 9.58. The summed E-state index contributed by atoms with van der Waals surface area (Å²) >= 11 is 0. The first kappa shape index (κ1) is 15.5. The molecule has 5 heteroatoms. The molecule has 0 aromatic heterocycles. The van der Waals surface area contributed by atoms with Crippen molar-refractivity contribution in [1.82, 2.24) is 9.62 Å². The van der Waals surface area contributed by atoms with Gasteiger partial charge in [-0.25, -0.2) is 12.7 Å².